The fourth-order valence-corrected chi connectivity index (χ4v) is 2.42. The third-order valence-corrected chi connectivity index (χ3v) is 3.86. The Morgan fingerprint density at radius 3 is 3.00 bits per heavy atom. The first-order valence-electron chi connectivity index (χ1n) is 6.32. The summed E-state index contributed by atoms with van der Waals surface area (Å²) in [6.07, 6.45) is 4.20. The number of pyridine rings is 1. The smallest absolute Gasteiger partial charge is 0.319 e. The average molecular weight is 320 g/mol. The average Bonchev–Trinajstić information content (AvgIpc) is 3.24. The molecule has 2 N–H and O–H groups in total. The molecule has 19 heavy (non-hydrogen) atoms. The van der Waals surface area contributed by atoms with E-state index in [0.29, 0.717) is 5.92 Å². The Morgan fingerprint density at radius 1 is 1.37 bits per heavy atom. The number of halogens is 1. The number of nitrogens with zero attached hydrogens (tertiary/aromatic N) is 1. The Hall–Kier alpha value is -1.62. The highest BCUT2D eigenvalue weighted by atomic mass is 79.9. The van der Waals surface area contributed by atoms with Gasteiger partial charge < -0.3 is 10.6 Å². The van der Waals surface area contributed by atoms with Gasteiger partial charge in [0, 0.05) is 22.6 Å². The van der Waals surface area contributed by atoms with Gasteiger partial charge in [-0.15, -0.1) is 0 Å². The van der Waals surface area contributed by atoms with Crippen LogP contribution in [-0.4, -0.2) is 17.6 Å². The number of fused-ring (bicyclic) bond motifs is 1. The number of carbonyl (C=O) groups excluding carboxylic acids is 1. The second-order valence-electron chi connectivity index (χ2n) is 4.77. The highest BCUT2D eigenvalue weighted by molar-refractivity contribution is 9.10. The molecule has 2 aromatic rings. The minimum Gasteiger partial charge on any atom is -0.338 e. The molecule has 0 radical (unpaired) electrons. The third kappa shape index (κ3) is 2.87. The maximum Gasteiger partial charge on any atom is 0.319 e. The maximum absolute atomic E-state index is 11.8. The van der Waals surface area contributed by atoms with Crippen molar-refractivity contribution in [1.29, 1.82) is 0 Å². The van der Waals surface area contributed by atoms with Crippen molar-refractivity contribution < 1.29 is 4.79 Å². The zero-order valence-corrected chi connectivity index (χ0v) is 11.9. The fraction of sp³-hybridized carbons (Fsp3) is 0.286. The molecule has 1 aromatic carbocycles. The minimum atomic E-state index is -0.153. The summed E-state index contributed by atoms with van der Waals surface area (Å²) < 4.78 is 0.923. The highest BCUT2D eigenvalue weighted by Crippen LogP contribution is 2.29. The molecule has 1 saturated carbocycles. The van der Waals surface area contributed by atoms with Gasteiger partial charge in [-0.05, 0) is 59.0 Å². The van der Waals surface area contributed by atoms with Gasteiger partial charge in [0.25, 0.3) is 0 Å². The minimum absolute atomic E-state index is 0.153. The van der Waals surface area contributed by atoms with Gasteiger partial charge in [-0.3, -0.25) is 4.98 Å². The van der Waals surface area contributed by atoms with Crippen molar-refractivity contribution in [3.8, 4) is 0 Å². The number of amides is 2. The fourth-order valence-electron chi connectivity index (χ4n) is 1.97. The van der Waals surface area contributed by atoms with E-state index in [1.165, 1.54) is 12.8 Å². The van der Waals surface area contributed by atoms with Crippen LogP contribution in [0.25, 0.3) is 10.9 Å². The van der Waals surface area contributed by atoms with Crippen LogP contribution < -0.4 is 10.6 Å². The van der Waals surface area contributed by atoms with Crippen LogP contribution in [0.2, 0.25) is 0 Å². The van der Waals surface area contributed by atoms with Gasteiger partial charge in [0.05, 0.1) is 11.2 Å². The molecular formula is C14H14BrN3O. The summed E-state index contributed by atoms with van der Waals surface area (Å²) in [6, 6.07) is 7.43. The van der Waals surface area contributed by atoms with Crippen molar-refractivity contribution in [3.05, 3.63) is 34.9 Å². The molecular weight excluding hydrogens is 306 g/mol. The summed E-state index contributed by atoms with van der Waals surface area (Å²) in [4.78, 5) is 16.1. The van der Waals surface area contributed by atoms with Crippen LogP contribution in [-0.2, 0) is 0 Å². The standard InChI is InChI=1S/C14H14BrN3O/c15-11-5-6-12(10-2-1-7-16-13(10)11)18-14(19)17-8-9-3-4-9/h1-2,5-7,9H,3-4,8H2,(H2,17,18,19). The second kappa shape index (κ2) is 5.17. The largest absolute Gasteiger partial charge is 0.338 e. The van der Waals surface area contributed by atoms with Crippen molar-refractivity contribution in [2.24, 2.45) is 5.92 Å². The van der Waals surface area contributed by atoms with Crippen LogP contribution >= 0.6 is 15.9 Å². The van der Waals surface area contributed by atoms with E-state index in [1.807, 2.05) is 24.3 Å². The first-order chi connectivity index (χ1) is 9.24. The molecule has 0 aliphatic heterocycles. The normalized spacial score (nSPS) is 14.4. The monoisotopic (exact) mass is 319 g/mol. The van der Waals surface area contributed by atoms with Crippen molar-refractivity contribution in [2.45, 2.75) is 12.8 Å². The Morgan fingerprint density at radius 2 is 2.21 bits per heavy atom. The summed E-state index contributed by atoms with van der Waals surface area (Å²) in [5.74, 6) is 0.675. The third-order valence-electron chi connectivity index (χ3n) is 3.22. The van der Waals surface area contributed by atoms with Gasteiger partial charge in [0.1, 0.15) is 0 Å². The molecule has 0 saturated heterocycles. The van der Waals surface area contributed by atoms with Crippen LogP contribution in [0.3, 0.4) is 0 Å². The highest BCUT2D eigenvalue weighted by Gasteiger charge is 2.21. The molecule has 1 fully saturated rings. The number of nitrogens with one attached hydrogen (secondary N) is 2. The van der Waals surface area contributed by atoms with Crippen molar-refractivity contribution in [3.63, 3.8) is 0 Å². The Balaban J connectivity index is 1.80. The molecule has 98 valence electrons. The predicted molar refractivity (Wildman–Crippen MR) is 79.2 cm³/mol. The Kier molecular flexibility index (Phi) is 3.38. The molecule has 1 heterocycles. The zero-order chi connectivity index (χ0) is 13.2. The van der Waals surface area contributed by atoms with Gasteiger partial charge in [-0.1, -0.05) is 0 Å². The van der Waals surface area contributed by atoms with Crippen LogP contribution in [0.5, 0.6) is 0 Å². The van der Waals surface area contributed by atoms with Gasteiger partial charge in [-0.25, -0.2) is 4.79 Å². The van der Waals surface area contributed by atoms with Crippen LogP contribution in [0.4, 0.5) is 10.5 Å². The van der Waals surface area contributed by atoms with Gasteiger partial charge in [-0.2, -0.15) is 0 Å². The lowest BCUT2D eigenvalue weighted by Gasteiger charge is -2.10. The molecule has 1 aliphatic rings. The summed E-state index contributed by atoms with van der Waals surface area (Å²) >= 11 is 3.46. The zero-order valence-electron chi connectivity index (χ0n) is 10.3. The number of benzene rings is 1. The summed E-state index contributed by atoms with van der Waals surface area (Å²) in [7, 11) is 0. The molecule has 3 rings (SSSR count). The lowest BCUT2D eigenvalue weighted by molar-refractivity contribution is 0.251. The first-order valence-corrected chi connectivity index (χ1v) is 7.11. The maximum atomic E-state index is 11.8. The molecule has 2 amide bonds. The van der Waals surface area contributed by atoms with Gasteiger partial charge in [0.15, 0.2) is 0 Å². The van der Waals surface area contributed by atoms with Gasteiger partial charge >= 0.3 is 6.03 Å². The van der Waals surface area contributed by atoms with Crippen LogP contribution in [0.15, 0.2) is 34.9 Å². The predicted octanol–water partition coefficient (Wildman–Crippen LogP) is 3.53. The number of urea groups is 1. The molecule has 1 aliphatic carbocycles. The second-order valence-corrected chi connectivity index (χ2v) is 5.63. The number of anilines is 1. The lowest BCUT2D eigenvalue weighted by Crippen LogP contribution is -2.30. The van der Waals surface area contributed by atoms with E-state index < -0.39 is 0 Å². The number of hydrogen-bond donors (Lipinski definition) is 2. The van der Waals surface area contributed by atoms with E-state index in [-0.39, 0.29) is 6.03 Å². The molecule has 0 bridgehead atoms. The topological polar surface area (TPSA) is 54.0 Å². The van der Waals surface area contributed by atoms with Crippen LogP contribution in [0.1, 0.15) is 12.8 Å². The van der Waals surface area contributed by atoms with E-state index in [4.69, 9.17) is 0 Å². The molecule has 0 unspecified atom stereocenters. The molecule has 1 aromatic heterocycles. The van der Waals surface area contributed by atoms with Gasteiger partial charge in [0.2, 0.25) is 0 Å². The summed E-state index contributed by atoms with van der Waals surface area (Å²) in [5.41, 5.74) is 1.63. The van der Waals surface area contributed by atoms with E-state index in [9.17, 15) is 4.79 Å². The number of hydrogen-bond acceptors (Lipinski definition) is 2. The van der Waals surface area contributed by atoms with Crippen molar-refractivity contribution >= 4 is 38.6 Å². The van der Waals surface area contributed by atoms with E-state index in [2.05, 4.69) is 31.5 Å². The summed E-state index contributed by atoms with van der Waals surface area (Å²) in [6.45, 7) is 0.762. The molecule has 0 spiro atoms. The molecule has 0 atom stereocenters. The number of rotatable bonds is 3. The summed E-state index contributed by atoms with van der Waals surface area (Å²) in [5, 5.41) is 6.70. The van der Waals surface area contributed by atoms with Crippen molar-refractivity contribution in [2.75, 3.05) is 11.9 Å². The van der Waals surface area contributed by atoms with Crippen molar-refractivity contribution in [1.82, 2.24) is 10.3 Å². The van der Waals surface area contributed by atoms with E-state index in [1.54, 1.807) is 6.20 Å². The quantitative estimate of drug-likeness (QED) is 0.909. The Labute approximate surface area is 119 Å². The SMILES string of the molecule is O=C(NCC1CC1)Nc1ccc(Br)c2ncccc12. The molecule has 4 nitrogen and oxygen atoms in total. The van der Waals surface area contributed by atoms with Crippen LogP contribution in [0, 0.1) is 5.92 Å². The van der Waals surface area contributed by atoms with E-state index >= 15 is 0 Å². The number of aromatic nitrogens is 1. The molecule has 5 heteroatoms. The number of carbonyl (C=O) groups is 1. The Bertz CT molecular complexity index is 625. The lowest BCUT2D eigenvalue weighted by atomic mass is 10.2. The first kappa shape index (κ1) is 12.4. The van der Waals surface area contributed by atoms with E-state index in [0.717, 1.165) is 27.6 Å².